The van der Waals surface area contributed by atoms with Gasteiger partial charge in [0.1, 0.15) is 18.0 Å². The molecule has 0 saturated carbocycles. The summed E-state index contributed by atoms with van der Waals surface area (Å²) in [5, 5.41) is 52.4. The second-order valence-corrected chi connectivity index (χ2v) is 11.5. The third-order valence-corrected chi connectivity index (χ3v) is 8.01. The Bertz CT molecular complexity index is 2020. The number of imidazole rings is 1. The maximum atomic E-state index is 13.7. The largest absolute Gasteiger partial charge is 0.479 e. The quantitative estimate of drug-likeness (QED) is 0.0919. The van der Waals surface area contributed by atoms with Crippen LogP contribution in [0.15, 0.2) is 33.9 Å². The molecule has 5 rings (SSSR count). The van der Waals surface area contributed by atoms with Crippen molar-refractivity contribution in [3.05, 3.63) is 56.6 Å². The number of aromatic nitrogens is 6. The minimum atomic E-state index is -2.36. The summed E-state index contributed by atoms with van der Waals surface area (Å²) in [6, 6.07) is 7.71. The highest BCUT2D eigenvalue weighted by atomic mass is 16.4. The predicted octanol–water partition coefficient (Wildman–Crippen LogP) is -2.25. The molecule has 0 amide bonds. The van der Waals surface area contributed by atoms with Crippen molar-refractivity contribution in [1.29, 1.82) is 0 Å². The van der Waals surface area contributed by atoms with Gasteiger partial charge in [0.25, 0.3) is 5.56 Å². The molecular formula is C31H38N8O10. The Kier molecular flexibility index (Phi) is 11.5. The minimum Gasteiger partial charge on any atom is -0.479 e. The smallest absolute Gasteiger partial charge is 0.335 e. The number of aliphatic hydroxyl groups is 4. The van der Waals surface area contributed by atoms with Crippen molar-refractivity contribution in [2.24, 2.45) is 12.8 Å². The number of aliphatic hydroxyl groups excluding tert-OH is 4. The monoisotopic (exact) mass is 682 g/mol. The Hall–Kier alpha value is -5.19. The number of aliphatic carboxylic acids is 2. The van der Waals surface area contributed by atoms with E-state index in [4.69, 9.17) is 41.4 Å². The van der Waals surface area contributed by atoms with Crippen LogP contribution in [0.25, 0.3) is 22.1 Å². The first kappa shape index (κ1) is 36.6. The Labute approximate surface area is 278 Å². The van der Waals surface area contributed by atoms with Crippen LogP contribution in [0.1, 0.15) is 31.3 Å². The second kappa shape index (κ2) is 15.4. The number of aryl methyl sites for hydroxylation is 2. The molecule has 0 spiro atoms. The fourth-order valence-electron chi connectivity index (χ4n) is 5.41. The van der Waals surface area contributed by atoms with Crippen LogP contribution in [0.5, 0.6) is 0 Å². The van der Waals surface area contributed by atoms with Gasteiger partial charge in [0.2, 0.25) is 5.95 Å². The first-order chi connectivity index (χ1) is 23.2. The molecule has 4 heterocycles. The number of para-hydroxylation sites is 1. The van der Waals surface area contributed by atoms with Crippen LogP contribution in [-0.2, 0) is 29.7 Å². The number of hydrogen-bond acceptors (Lipinski definition) is 13. The summed E-state index contributed by atoms with van der Waals surface area (Å²) in [4.78, 5) is 63.2. The minimum absolute atomic E-state index is 0.0306. The van der Waals surface area contributed by atoms with Gasteiger partial charge < -0.3 is 41.3 Å². The van der Waals surface area contributed by atoms with Gasteiger partial charge in [-0.05, 0) is 32.8 Å². The van der Waals surface area contributed by atoms with Gasteiger partial charge in [0.15, 0.2) is 23.4 Å². The van der Waals surface area contributed by atoms with Crippen LogP contribution in [0.4, 0.5) is 5.95 Å². The zero-order chi connectivity index (χ0) is 36.2. The summed E-state index contributed by atoms with van der Waals surface area (Å²) >= 11 is 0. The summed E-state index contributed by atoms with van der Waals surface area (Å²) in [5.74, 6) is 3.28. The van der Waals surface area contributed by atoms with Gasteiger partial charge >= 0.3 is 17.6 Å². The number of rotatable bonds is 9. The molecule has 1 aliphatic rings. The number of carboxylic acids is 2. The zero-order valence-electron chi connectivity index (χ0n) is 27.0. The topological polar surface area (TPSA) is 272 Å². The lowest BCUT2D eigenvalue weighted by atomic mass is 10.0. The molecule has 8 N–H and O–H groups in total. The molecule has 0 aliphatic carbocycles. The molecule has 49 heavy (non-hydrogen) atoms. The Balaban J connectivity index is 0.000000328. The molecule has 5 atom stereocenters. The average Bonchev–Trinajstić information content (AvgIpc) is 3.47. The van der Waals surface area contributed by atoms with E-state index >= 15 is 0 Å². The zero-order valence-corrected chi connectivity index (χ0v) is 27.0. The number of fused-ring (bicyclic) bond motifs is 2. The molecule has 1 aliphatic heterocycles. The predicted molar refractivity (Wildman–Crippen MR) is 175 cm³/mol. The van der Waals surface area contributed by atoms with Gasteiger partial charge in [-0.2, -0.15) is 4.98 Å². The van der Waals surface area contributed by atoms with Gasteiger partial charge in [-0.1, -0.05) is 24.1 Å². The third kappa shape index (κ3) is 7.77. The molecule has 18 nitrogen and oxygen atoms in total. The molecular weight excluding hydrogens is 644 g/mol. The van der Waals surface area contributed by atoms with Gasteiger partial charge in [0, 0.05) is 37.3 Å². The van der Waals surface area contributed by atoms with Crippen molar-refractivity contribution in [2.45, 2.75) is 70.2 Å². The molecule has 3 aromatic heterocycles. The van der Waals surface area contributed by atoms with Crippen molar-refractivity contribution in [3.8, 4) is 11.8 Å². The van der Waals surface area contributed by atoms with Crippen LogP contribution in [0, 0.1) is 18.8 Å². The van der Waals surface area contributed by atoms with E-state index in [2.05, 4.69) is 26.7 Å². The van der Waals surface area contributed by atoms with Crippen molar-refractivity contribution in [3.63, 3.8) is 0 Å². The fourth-order valence-corrected chi connectivity index (χ4v) is 5.41. The molecule has 0 bridgehead atoms. The molecule has 4 unspecified atom stereocenters. The first-order valence-corrected chi connectivity index (χ1v) is 15.2. The molecule has 18 heteroatoms. The number of nitrogens with zero attached hydrogens (tertiary/aromatic N) is 7. The van der Waals surface area contributed by atoms with Crippen molar-refractivity contribution in [1.82, 2.24) is 28.7 Å². The number of nitrogens with two attached hydrogens (primary N) is 1. The summed E-state index contributed by atoms with van der Waals surface area (Å²) in [6.45, 7) is 5.31. The first-order valence-electron chi connectivity index (χ1n) is 15.2. The number of benzene rings is 1. The Morgan fingerprint density at radius 1 is 1.00 bits per heavy atom. The summed E-state index contributed by atoms with van der Waals surface area (Å²) in [5.41, 5.74) is 7.54. The second-order valence-electron chi connectivity index (χ2n) is 11.5. The van der Waals surface area contributed by atoms with E-state index in [1.165, 1.54) is 9.13 Å². The molecule has 1 fully saturated rings. The number of carbonyl (C=O) groups is 2. The molecule has 4 aromatic rings. The van der Waals surface area contributed by atoms with Crippen LogP contribution in [0.3, 0.4) is 0 Å². The fraction of sp³-hybridized carbons (Fsp3) is 0.452. The van der Waals surface area contributed by atoms with Crippen LogP contribution in [0.2, 0.25) is 0 Å². The van der Waals surface area contributed by atoms with E-state index in [0.717, 1.165) is 36.0 Å². The summed E-state index contributed by atoms with van der Waals surface area (Å²) < 4.78 is 4.39. The standard InChI is InChI=1S/C25H28N8O2.C6H10O8/c1-4-5-13-32-21-22(29-24(32)31-12-8-9-17(26)14-31)30(3)25(35)33(23(21)34)15-20-27-16(2)18-10-6-7-11-19(18)28-20;7-1(3(9)5(11)12)2(8)4(10)6(13)14/h6-7,10-11,17H,8-9,12-15,26H2,1-3H3;1-4,7-10H,(H,11,12)(H,13,14)/t17-;/m1./s1. The van der Waals surface area contributed by atoms with E-state index in [-0.39, 0.29) is 19.1 Å². The molecule has 1 aromatic carbocycles. The number of hydrogen-bond donors (Lipinski definition) is 7. The Morgan fingerprint density at radius 2 is 1.63 bits per heavy atom. The number of carboxylic acid groups (broad SMARTS) is 2. The summed E-state index contributed by atoms with van der Waals surface area (Å²) in [7, 11) is 1.63. The molecule has 0 radical (unpaired) electrons. The lowest BCUT2D eigenvalue weighted by molar-refractivity contribution is -0.172. The van der Waals surface area contributed by atoms with E-state index in [0.29, 0.717) is 29.5 Å². The van der Waals surface area contributed by atoms with Crippen molar-refractivity contribution < 1.29 is 40.2 Å². The van der Waals surface area contributed by atoms with E-state index < -0.39 is 47.6 Å². The van der Waals surface area contributed by atoms with E-state index in [9.17, 15) is 19.2 Å². The van der Waals surface area contributed by atoms with Crippen LogP contribution < -0.4 is 21.9 Å². The lowest BCUT2D eigenvalue weighted by Crippen LogP contribution is -2.49. The van der Waals surface area contributed by atoms with Gasteiger partial charge in [-0.3, -0.25) is 18.5 Å². The average molecular weight is 683 g/mol. The summed E-state index contributed by atoms with van der Waals surface area (Å²) in [6.07, 6.45) is -7.40. The van der Waals surface area contributed by atoms with Gasteiger partial charge in [-0.25, -0.2) is 24.4 Å². The highest BCUT2D eigenvalue weighted by Crippen LogP contribution is 2.23. The molecule has 1 saturated heterocycles. The van der Waals surface area contributed by atoms with Crippen molar-refractivity contribution >= 4 is 40.0 Å². The Morgan fingerprint density at radius 3 is 2.22 bits per heavy atom. The normalized spacial score (nSPS) is 17.0. The number of anilines is 1. The third-order valence-electron chi connectivity index (χ3n) is 8.01. The van der Waals surface area contributed by atoms with Crippen LogP contribution >= 0.6 is 0 Å². The van der Waals surface area contributed by atoms with Crippen LogP contribution in [-0.4, -0.2) is 115 Å². The van der Waals surface area contributed by atoms with Gasteiger partial charge in [0.05, 0.1) is 18.6 Å². The van der Waals surface area contributed by atoms with Gasteiger partial charge in [-0.15, -0.1) is 5.92 Å². The van der Waals surface area contributed by atoms with E-state index in [1.54, 1.807) is 18.5 Å². The highest BCUT2D eigenvalue weighted by molar-refractivity contribution is 5.80. The maximum Gasteiger partial charge on any atom is 0.335 e. The SMILES string of the molecule is CC#CCn1c(N2CCC[C@@H](N)C2)nc2c1c(=O)n(Cc1nc(C)c3ccccc3n1)c(=O)n2C.O=C(O)C(O)C(O)C(O)C(O)C(=O)O. The maximum absolute atomic E-state index is 13.7. The molecule has 262 valence electrons. The lowest BCUT2D eigenvalue weighted by Gasteiger charge is -2.31. The number of piperidine rings is 1. The highest BCUT2D eigenvalue weighted by Gasteiger charge is 2.37. The van der Waals surface area contributed by atoms with E-state index in [1.807, 2.05) is 31.2 Å². The van der Waals surface area contributed by atoms with Crippen molar-refractivity contribution in [2.75, 3.05) is 18.0 Å².